The molecule has 6 heteroatoms. The van der Waals surface area contributed by atoms with E-state index in [-0.39, 0.29) is 0 Å². The maximum absolute atomic E-state index is 9.12. The largest absolute Gasteiger partial charge is 0.394 e. The number of aliphatic hydroxyl groups is 5. The molecule has 1 rings (SSSR count). The fourth-order valence-electron chi connectivity index (χ4n) is 1.08. The molecular formula is C6H12O6. The van der Waals surface area contributed by atoms with Crippen molar-refractivity contribution < 1.29 is 30.3 Å². The highest BCUT2D eigenvalue weighted by Gasteiger charge is 2.42. The van der Waals surface area contributed by atoms with Gasteiger partial charge in [-0.25, -0.2) is 0 Å². The van der Waals surface area contributed by atoms with Gasteiger partial charge in [0.25, 0.3) is 0 Å². The van der Waals surface area contributed by atoms with Gasteiger partial charge in [-0.2, -0.15) is 0 Å². The first-order chi connectivity index (χ1) is 5.57. The molecule has 0 radical (unpaired) electrons. The molecule has 12 heavy (non-hydrogen) atoms. The molecule has 72 valence electrons. The Labute approximate surface area is 68.6 Å². The minimum Gasteiger partial charge on any atom is -0.394 e. The molecule has 0 aromatic carbocycles. The van der Waals surface area contributed by atoms with Crippen molar-refractivity contribution in [2.75, 3.05) is 6.61 Å². The lowest BCUT2D eigenvalue weighted by Gasteiger charge is -2.37. The fourth-order valence-corrected chi connectivity index (χ4v) is 1.08. The number of rotatable bonds is 1. The van der Waals surface area contributed by atoms with E-state index in [1.54, 1.807) is 0 Å². The monoisotopic (exact) mass is 180 g/mol. The van der Waals surface area contributed by atoms with Gasteiger partial charge in [-0.05, 0) is 0 Å². The zero-order chi connectivity index (χ0) is 9.30. The van der Waals surface area contributed by atoms with Crippen LogP contribution in [0.3, 0.4) is 0 Å². The standard InChI is InChI=1S/C6H12O6/c7-1-2-3(8)4(9)5(10)6(11)12-2/h2-11H,1H2/t2?,3-,4?,5+,6-/m1/s1. The van der Waals surface area contributed by atoms with Gasteiger partial charge in [0.05, 0.1) is 6.61 Å². The van der Waals surface area contributed by atoms with E-state index in [2.05, 4.69) is 4.74 Å². The van der Waals surface area contributed by atoms with Crippen molar-refractivity contribution in [3.05, 3.63) is 0 Å². The summed E-state index contributed by atoms with van der Waals surface area (Å²) in [4.78, 5) is 0. The molecule has 1 aliphatic rings. The summed E-state index contributed by atoms with van der Waals surface area (Å²) < 4.78 is 4.58. The molecule has 1 fully saturated rings. The van der Waals surface area contributed by atoms with Crippen molar-refractivity contribution in [1.82, 2.24) is 0 Å². The zero-order valence-corrected chi connectivity index (χ0v) is 6.24. The average Bonchev–Trinajstić information content (AvgIpc) is 2.08. The quantitative estimate of drug-likeness (QED) is 0.290. The van der Waals surface area contributed by atoms with Gasteiger partial charge in [-0.3, -0.25) is 0 Å². The second-order valence-corrected chi connectivity index (χ2v) is 2.72. The molecular weight excluding hydrogens is 168 g/mol. The lowest BCUT2D eigenvalue weighted by atomic mass is 10.00. The molecule has 1 saturated heterocycles. The molecule has 6 nitrogen and oxygen atoms in total. The topological polar surface area (TPSA) is 110 Å². The normalized spacial score (nSPS) is 49.2. The lowest BCUT2D eigenvalue weighted by Crippen LogP contribution is -2.58. The van der Waals surface area contributed by atoms with Gasteiger partial charge in [0.15, 0.2) is 6.29 Å². The van der Waals surface area contributed by atoms with Crippen molar-refractivity contribution in [1.29, 1.82) is 0 Å². The van der Waals surface area contributed by atoms with E-state index in [1.165, 1.54) is 0 Å². The van der Waals surface area contributed by atoms with E-state index in [1.807, 2.05) is 0 Å². The smallest absolute Gasteiger partial charge is 0.184 e. The maximum atomic E-state index is 9.12. The van der Waals surface area contributed by atoms with Crippen LogP contribution >= 0.6 is 0 Å². The van der Waals surface area contributed by atoms with E-state index >= 15 is 0 Å². The average molecular weight is 180 g/mol. The number of hydrogen-bond acceptors (Lipinski definition) is 6. The molecule has 1 heterocycles. The third-order valence-corrected chi connectivity index (χ3v) is 1.87. The Balaban J connectivity index is 2.63. The second kappa shape index (κ2) is 3.65. The minimum atomic E-state index is -1.57. The van der Waals surface area contributed by atoms with Gasteiger partial charge in [-0.1, -0.05) is 0 Å². The van der Waals surface area contributed by atoms with Crippen LogP contribution < -0.4 is 0 Å². The summed E-state index contributed by atoms with van der Waals surface area (Å²) in [5, 5.41) is 44.7. The molecule has 0 bridgehead atoms. The van der Waals surface area contributed by atoms with Gasteiger partial charge >= 0.3 is 0 Å². The Bertz CT molecular complexity index is 146. The van der Waals surface area contributed by atoms with Crippen LogP contribution in [0.25, 0.3) is 0 Å². The first kappa shape index (κ1) is 9.85. The molecule has 5 atom stereocenters. The molecule has 0 aromatic heterocycles. The minimum absolute atomic E-state index is 0.526. The number of hydrogen-bond donors (Lipinski definition) is 5. The summed E-state index contributed by atoms with van der Waals surface area (Å²) in [5.74, 6) is 0. The molecule has 2 unspecified atom stereocenters. The van der Waals surface area contributed by atoms with Crippen LogP contribution in [0.1, 0.15) is 0 Å². The summed E-state index contributed by atoms with van der Waals surface area (Å²) in [7, 11) is 0. The SMILES string of the molecule is OCC1O[C@@H](O)[C@@H](O)C(O)[C@@H]1O. The van der Waals surface area contributed by atoms with E-state index < -0.39 is 37.3 Å². The third kappa shape index (κ3) is 1.58. The van der Waals surface area contributed by atoms with Crippen LogP contribution in [-0.2, 0) is 4.74 Å². The molecule has 0 amide bonds. The van der Waals surface area contributed by atoms with E-state index in [0.29, 0.717) is 0 Å². The van der Waals surface area contributed by atoms with Crippen LogP contribution in [0.2, 0.25) is 0 Å². The Morgan fingerprint density at radius 3 is 2.00 bits per heavy atom. The summed E-state index contributed by atoms with van der Waals surface area (Å²) in [6.07, 6.45) is -7.04. The summed E-state index contributed by atoms with van der Waals surface area (Å²) >= 11 is 0. The van der Waals surface area contributed by atoms with Crippen LogP contribution in [0.5, 0.6) is 0 Å². The molecule has 1 aliphatic heterocycles. The Hall–Kier alpha value is -0.240. The molecule has 0 spiro atoms. The van der Waals surface area contributed by atoms with Crippen LogP contribution in [0.4, 0.5) is 0 Å². The first-order valence-electron chi connectivity index (χ1n) is 3.56. The molecule has 5 N–H and O–H groups in total. The van der Waals surface area contributed by atoms with Gasteiger partial charge in [-0.15, -0.1) is 0 Å². The molecule has 0 aliphatic carbocycles. The third-order valence-electron chi connectivity index (χ3n) is 1.87. The predicted octanol–water partition coefficient (Wildman–Crippen LogP) is -3.22. The molecule has 0 aromatic rings. The van der Waals surface area contributed by atoms with Crippen molar-refractivity contribution in [3.8, 4) is 0 Å². The predicted molar refractivity (Wildman–Crippen MR) is 36.0 cm³/mol. The summed E-state index contributed by atoms with van der Waals surface area (Å²) in [6.45, 7) is -0.526. The Morgan fingerprint density at radius 2 is 1.50 bits per heavy atom. The highest BCUT2D eigenvalue weighted by atomic mass is 16.6. The maximum Gasteiger partial charge on any atom is 0.184 e. The van der Waals surface area contributed by atoms with Gasteiger partial charge in [0.2, 0.25) is 0 Å². The first-order valence-corrected chi connectivity index (χ1v) is 3.56. The van der Waals surface area contributed by atoms with Gasteiger partial charge in [0, 0.05) is 0 Å². The highest BCUT2D eigenvalue weighted by Crippen LogP contribution is 2.18. The number of ether oxygens (including phenoxy) is 1. The fraction of sp³-hybridized carbons (Fsp3) is 1.00. The van der Waals surface area contributed by atoms with E-state index in [9.17, 15) is 0 Å². The van der Waals surface area contributed by atoms with Crippen molar-refractivity contribution in [3.63, 3.8) is 0 Å². The van der Waals surface area contributed by atoms with E-state index in [0.717, 1.165) is 0 Å². The zero-order valence-electron chi connectivity index (χ0n) is 6.24. The van der Waals surface area contributed by atoms with Crippen molar-refractivity contribution >= 4 is 0 Å². The Kier molecular flexibility index (Phi) is 2.99. The van der Waals surface area contributed by atoms with Crippen molar-refractivity contribution in [2.45, 2.75) is 30.7 Å². The van der Waals surface area contributed by atoms with E-state index in [4.69, 9.17) is 25.5 Å². The lowest BCUT2D eigenvalue weighted by molar-refractivity contribution is -0.286. The van der Waals surface area contributed by atoms with Crippen LogP contribution in [0.15, 0.2) is 0 Å². The van der Waals surface area contributed by atoms with Crippen LogP contribution in [0, 0.1) is 0 Å². The summed E-state index contributed by atoms with van der Waals surface area (Å²) in [5.41, 5.74) is 0. The molecule has 0 saturated carbocycles. The van der Waals surface area contributed by atoms with Gasteiger partial charge in [0.1, 0.15) is 24.4 Å². The van der Waals surface area contributed by atoms with Crippen LogP contribution in [-0.4, -0.2) is 62.8 Å². The van der Waals surface area contributed by atoms with Crippen molar-refractivity contribution in [2.24, 2.45) is 0 Å². The van der Waals surface area contributed by atoms with Gasteiger partial charge < -0.3 is 30.3 Å². The highest BCUT2D eigenvalue weighted by molar-refractivity contribution is 4.87. The second-order valence-electron chi connectivity index (χ2n) is 2.72. The number of aliphatic hydroxyl groups excluding tert-OH is 5. The summed E-state index contributed by atoms with van der Waals surface area (Å²) in [6, 6.07) is 0. The Morgan fingerprint density at radius 1 is 0.917 bits per heavy atom.